The average molecular weight is 331 g/mol. The number of hydrogen-bond acceptors (Lipinski definition) is 3. The number of ether oxygens (including phenoxy) is 1. The van der Waals surface area contributed by atoms with Crippen LogP contribution in [0.15, 0.2) is 66.7 Å². The number of nitrogens with zero attached hydrogens (tertiary/aromatic N) is 1. The van der Waals surface area contributed by atoms with Crippen LogP contribution in [-0.2, 0) is 14.3 Å². The molecule has 4 nitrogen and oxygen atoms in total. The van der Waals surface area contributed by atoms with E-state index >= 15 is 0 Å². The van der Waals surface area contributed by atoms with Crippen LogP contribution >= 0.6 is 0 Å². The Bertz CT molecular complexity index is 920. The first kappa shape index (κ1) is 14.6. The van der Waals surface area contributed by atoms with Crippen LogP contribution in [0.4, 0.5) is 5.69 Å². The van der Waals surface area contributed by atoms with Crippen molar-refractivity contribution in [3.8, 4) is 11.1 Å². The van der Waals surface area contributed by atoms with Gasteiger partial charge in [-0.25, -0.2) is 4.90 Å². The first-order valence-corrected chi connectivity index (χ1v) is 8.49. The van der Waals surface area contributed by atoms with Gasteiger partial charge >= 0.3 is 0 Å². The smallest absolute Gasteiger partial charge is 0.241 e. The van der Waals surface area contributed by atoms with Crippen LogP contribution in [0, 0.1) is 11.8 Å². The molecule has 25 heavy (non-hydrogen) atoms. The van der Waals surface area contributed by atoms with E-state index in [-0.39, 0.29) is 17.9 Å². The van der Waals surface area contributed by atoms with Gasteiger partial charge in [0, 0.05) is 5.56 Å². The van der Waals surface area contributed by atoms with E-state index in [4.69, 9.17) is 4.74 Å². The Labute approximate surface area is 145 Å². The van der Waals surface area contributed by atoms with Crippen molar-refractivity contribution < 1.29 is 14.3 Å². The van der Waals surface area contributed by atoms with Gasteiger partial charge in [0.25, 0.3) is 0 Å². The predicted molar refractivity (Wildman–Crippen MR) is 93.8 cm³/mol. The van der Waals surface area contributed by atoms with E-state index in [1.54, 1.807) is 0 Å². The molecule has 4 atom stereocenters. The second-order valence-corrected chi connectivity index (χ2v) is 7.02. The molecule has 2 aromatic carbocycles. The van der Waals surface area contributed by atoms with Gasteiger partial charge in [0.1, 0.15) is 0 Å². The lowest BCUT2D eigenvalue weighted by molar-refractivity contribution is -0.126. The number of imide groups is 1. The largest absolute Gasteiger partial charge is 0.362 e. The van der Waals surface area contributed by atoms with E-state index in [1.807, 2.05) is 73.7 Å². The molecule has 3 aliphatic heterocycles. The highest BCUT2D eigenvalue weighted by Gasteiger charge is 2.66. The summed E-state index contributed by atoms with van der Waals surface area (Å²) in [6, 6.07) is 17.4. The molecule has 0 spiro atoms. The minimum Gasteiger partial charge on any atom is -0.362 e. The molecule has 3 heterocycles. The number of benzene rings is 2. The summed E-state index contributed by atoms with van der Waals surface area (Å²) < 4.78 is 5.89. The Hall–Kier alpha value is -2.72. The number of carbonyl (C=O) groups is 2. The van der Waals surface area contributed by atoms with Gasteiger partial charge in [-0.3, -0.25) is 9.59 Å². The van der Waals surface area contributed by atoms with E-state index in [1.165, 1.54) is 4.90 Å². The molecule has 0 unspecified atom stereocenters. The van der Waals surface area contributed by atoms with Crippen molar-refractivity contribution in [3.63, 3.8) is 0 Å². The lowest BCUT2D eigenvalue weighted by atomic mass is 9.78. The Morgan fingerprint density at radius 1 is 0.960 bits per heavy atom. The summed E-state index contributed by atoms with van der Waals surface area (Å²) in [6.07, 6.45) is 3.55. The molecule has 0 radical (unpaired) electrons. The monoisotopic (exact) mass is 331 g/mol. The van der Waals surface area contributed by atoms with Crippen LogP contribution < -0.4 is 4.90 Å². The fourth-order valence-electron chi connectivity index (χ4n) is 4.42. The number of rotatable bonds is 2. The Balaban J connectivity index is 1.63. The second-order valence-electron chi connectivity index (χ2n) is 7.02. The molecule has 0 N–H and O–H groups in total. The number of carbonyl (C=O) groups excluding carboxylic acids is 2. The van der Waals surface area contributed by atoms with Gasteiger partial charge in [0.15, 0.2) is 0 Å². The molecule has 3 aliphatic rings. The number of amides is 2. The number of para-hydroxylation sites is 1. The summed E-state index contributed by atoms with van der Waals surface area (Å²) in [5, 5.41) is 0. The zero-order chi connectivity index (χ0) is 17.2. The maximum Gasteiger partial charge on any atom is 0.241 e. The van der Waals surface area contributed by atoms with Crippen molar-refractivity contribution in [3.05, 3.63) is 66.7 Å². The molecule has 2 bridgehead atoms. The van der Waals surface area contributed by atoms with Crippen molar-refractivity contribution in [1.29, 1.82) is 0 Å². The molecule has 124 valence electrons. The van der Waals surface area contributed by atoms with E-state index in [2.05, 4.69) is 0 Å². The molecular formula is C21H17NO3. The van der Waals surface area contributed by atoms with Crippen LogP contribution in [-0.4, -0.2) is 23.5 Å². The topological polar surface area (TPSA) is 46.6 Å². The predicted octanol–water partition coefficient (Wildman–Crippen LogP) is 3.19. The van der Waals surface area contributed by atoms with E-state index in [0.29, 0.717) is 5.69 Å². The SMILES string of the molecule is C[C@]12C=C[C@@H](O1)[C@@H]1C(=O)N(c3ccccc3-c3ccccc3)C(=O)[C@@H]12. The highest BCUT2D eigenvalue weighted by atomic mass is 16.5. The zero-order valence-electron chi connectivity index (χ0n) is 13.8. The summed E-state index contributed by atoms with van der Waals surface area (Å²) in [4.78, 5) is 27.6. The molecule has 4 heteroatoms. The van der Waals surface area contributed by atoms with Crippen LogP contribution in [0.25, 0.3) is 11.1 Å². The third-order valence-electron chi connectivity index (χ3n) is 5.56. The first-order chi connectivity index (χ1) is 12.1. The summed E-state index contributed by atoms with van der Waals surface area (Å²) >= 11 is 0. The fraction of sp³-hybridized carbons (Fsp3) is 0.238. The van der Waals surface area contributed by atoms with E-state index in [0.717, 1.165) is 11.1 Å². The van der Waals surface area contributed by atoms with Gasteiger partial charge in [-0.1, -0.05) is 60.7 Å². The molecule has 5 rings (SSSR count). The summed E-state index contributed by atoms with van der Waals surface area (Å²) in [5.74, 6) is -1.16. The van der Waals surface area contributed by atoms with Crippen molar-refractivity contribution in [1.82, 2.24) is 0 Å². The zero-order valence-corrected chi connectivity index (χ0v) is 13.8. The quantitative estimate of drug-likeness (QED) is 0.627. The van der Waals surface area contributed by atoms with Crippen LogP contribution in [0.5, 0.6) is 0 Å². The third kappa shape index (κ3) is 1.86. The van der Waals surface area contributed by atoms with Gasteiger partial charge in [-0.2, -0.15) is 0 Å². The van der Waals surface area contributed by atoms with Crippen molar-refractivity contribution in [2.24, 2.45) is 11.8 Å². The minimum atomic E-state index is -0.668. The Morgan fingerprint density at radius 3 is 2.44 bits per heavy atom. The lowest BCUT2D eigenvalue weighted by Gasteiger charge is -2.25. The fourth-order valence-corrected chi connectivity index (χ4v) is 4.42. The molecule has 2 amide bonds. The average Bonchev–Trinajstić information content (AvgIpc) is 3.24. The molecule has 2 aromatic rings. The van der Waals surface area contributed by atoms with Gasteiger partial charge < -0.3 is 4.74 Å². The third-order valence-corrected chi connectivity index (χ3v) is 5.56. The maximum atomic E-state index is 13.2. The summed E-state index contributed by atoms with van der Waals surface area (Å²) in [7, 11) is 0. The van der Waals surface area contributed by atoms with Gasteiger partial charge in [-0.05, 0) is 18.6 Å². The Kier molecular flexibility index (Phi) is 2.86. The van der Waals surface area contributed by atoms with Gasteiger partial charge in [0.05, 0.1) is 29.2 Å². The molecule has 0 aliphatic carbocycles. The molecule has 2 fully saturated rings. The summed E-state index contributed by atoms with van der Waals surface area (Å²) in [6.45, 7) is 1.89. The highest BCUT2D eigenvalue weighted by molar-refractivity contribution is 6.24. The van der Waals surface area contributed by atoms with E-state index in [9.17, 15) is 9.59 Å². The van der Waals surface area contributed by atoms with Gasteiger partial charge in [0.2, 0.25) is 11.8 Å². The number of hydrogen-bond donors (Lipinski definition) is 0. The minimum absolute atomic E-state index is 0.156. The molecule has 2 saturated heterocycles. The normalized spacial score (nSPS) is 32.5. The molecule has 0 saturated carbocycles. The van der Waals surface area contributed by atoms with Crippen molar-refractivity contribution >= 4 is 17.5 Å². The van der Waals surface area contributed by atoms with Crippen molar-refractivity contribution in [2.75, 3.05) is 4.90 Å². The highest BCUT2D eigenvalue weighted by Crippen LogP contribution is 2.52. The van der Waals surface area contributed by atoms with Crippen molar-refractivity contribution in [2.45, 2.75) is 18.6 Å². The first-order valence-electron chi connectivity index (χ1n) is 8.49. The summed E-state index contributed by atoms with van der Waals surface area (Å²) in [5.41, 5.74) is 1.86. The van der Waals surface area contributed by atoms with Gasteiger partial charge in [-0.15, -0.1) is 0 Å². The number of fused-ring (bicyclic) bond motifs is 5. The van der Waals surface area contributed by atoms with E-state index < -0.39 is 17.4 Å². The molecule has 0 aromatic heterocycles. The van der Waals surface area contributed by atoms with Crippen LogP contribution in [0.2, 0.25) is 0 Å². The standard InChI is InChI=1S/C21H17NO3/c1-21-12-11-16(25-21)17-18(21)20(24)22(19(17)23)15-10-6-5-9-14(15)13-7-3-2-4-8-13/h2-12,16-18H,1H3/t16-,17+,18-,21-/m1/s1. The lowest BCUT2D eigenvalue weighted by Crippen LogP contribution is -2.38. The number of anilines is 1. The second kappa shape index (κ2) is 4.90. The Morgan fingerprint density at radius 2 is 1.68 bits per heavy atom. The van der Waals surface area contributed by atoms with Crippen LogP contribution in [0.3, 0.4) is 0 Å². The molecular weight excluding hydrogens is 314 g/mol. The van der Waals surface area contributed by atoms with Crippen LogP contribution in [0.1, 0.15) is 6.92 Å². The maximum absolute atomic E-state index is 13.2.